The van der Waals surface area contributed by atoms with Gasteiger partial charge >= 0.3 is 0 Å². The van der Waals surface area contributed by atoms with Crippen LogP contribution in [-0.4, -0.2) is 87.7 Å². The highest BCUT2D eigenvalue weighted by molar-refractivity contribution is 5.96. The lowest BCUT2D eigenvalue weighted by Crippen LogP contribution is -2.54. The number of allylic oxidation sites excluding steroid dienone is 1. The predicted octanol–water partition coefficient (Wildman–Crippen LogP) is 3.45. The molecule has 1 aromatic heterocycles. The number of carbonyl (C=O) groups is 2. The van der Waals surface area contributed by atoms with Gasteiger partial charge in [0.25, 0.3) is 5.91 Å². The molecule has 3 aliphatic rings. The van der Waals surface area contributed by atoms with E-state index in [1.54, 1.807) is 35.1 Å². The zero-order valence-electron chi connectivity index (χ0n) is 27.3. The highest BCUT2D eigenvalue weighted by atomic mass is 19.1. The molecule has 0 bridgehead atoms. The molecule has 0 saturated carbocycles. The average molecular weight is 644 g/mol. The number of aliphatic hydroxyl groups is 1. The van der Waals surface area contributed by atoms with E-state index in [9.17, 15) is 14.7 Å². The van der Waals surface area contributed by atoms with Gasteiger partial charge in [0.1, 0.15) is 0 Å². The van der Waals surface area contributed by atoms with Crippen molar-refractivity contribution in [3.63, 3.8) is 0 Å². The average Bonchev–Trinajstić information content (AvgIpc) is 3.65. The first-order valence-electron chi connectivity index (χ1n) is 15.9. The molecule has 4 heterocycles. The number of aromatic nitrogens is 2. The highest BCUT2D eigenvalue weighted by Gasteiger charge is 2.39. The molecule has 3 atom stereocenters. The number of halogens is 1. The summed E-state index contributed by atoms with van der Waals surface area (Å²) in [6.07, 6.45) is 7.79. The highest BCUT2D eigenvalue weighted by Crippen LogP contribution is 2.36. The van der Waals surface area contributed by atoms with Gasteiger partial charge in [0.2, 0.25) is 5.91 Å². The van der Waals surface area contributed by atoms with E-state index in [1.807, 2.05) is 55.1 Å². The number of imidazole rings is 1. The fourth-order valence-corrected chi connectivity index (χ4v) is 6.75. The number of carbonyl (C=O) groups excluding carboxylic acids is 2. The van der Waals surface area contributed by atoms with Crippen molar-refractivity contribution in [3.8, 4) is 17.0 Å². The first-order chi connectivity index (χ1) is 22.4. The predicted molar refractivity (Wildman–Crippen MR) is 178 cm³/mol. The Balaban J connectivity index is 1.15. The summed E-state index contributed by atoms with van der Waals surface area (Å²) in [5.41, 5.74) is 2.42. The van der Waals surface area contributed by atoms with Gasteiger partial charge in [-0.3, -0.25) is 14.2 Å². The van der Waals surface area contributed by atoms with Crippen molar-refractivity contribution < 1.29 is 23.8 Å². The second-order valence-corrected chi connectivity index (χ2v) is 12.9. The summed E-state index contributed by atoms with van der Waals surface area (Å²) in [4.78, 5) is 34.8. The van der Waals surface area contributed by atoms with Crippen LogP contribution >= 0.6 is 0 Å². The zero-order valence-corrected chi connectivity index (χ0v) is 27.3. The lowest BCUT2D eigenvalue weighted by atomic mass is 10.0. The summed E-state index contributed by atoms with van der Waals surface area (Å²) >= 11 is 0. The van der Waals surface area contributed by atoms with E-state index in [2.05, 4.69) is 22.5 Å². The molecule has 47 heavy (non-hydrogen) atoms. The van der Waals surface area contributed by atoms with Gasteiger partial charge in [-0.1, -0.05) is 6.08 Å². The molecule has 0 radical (unpaired) electrons. The number of anilines is 1. The lowest BCUT2D eigenvalue weighted by molar-refractivity contribution is -0.134. The Morgan fingerprint density at radius 3 is 2.60 bits per heavy atom. The molecule has 12 heteroatoms. The molecular formula is C35H42FN7O4. The number of rotatable bonds is 8. The van der Waals surface area contributed by atoms with Crippen LogP contribution in [0.25, 0.3) is 17.5 Å². The van der Waals surface area contributed by atoms with Crippen LogP contribution in [-0.2, 0) is 16.9 Å². The molecule has 2 saturated heterocycles. The standard InChI is InChI=1S/C35H42FN7O4/c1-6-7-26-25(10-11-29(47-5)30(26)36)28-20-37-33-35(4,39-12-13-43(28)33)40-23-8-9-24(22(2)18-23)31(44)41-14-16-42(17-15-41)32(45)27-19-34(3,46)21-38-27/h6,8-13,18,20,27,38-40,46H,1,7,14-17,19,21H2,2-5H3/t27-,34-,35?/m0/s1. The van der Waals surface area contributed by atoms with Crippen molar-refractivity contribution in [1.29, 1.82) is 0 Å². The van der Waals surface area contributed by atoms with E-state index in [4.69, 9.17) is 9.72 Å². The minimum absolute atomic E-state index is 0.0257. The number of nitrogens with one attached hydrogen (secondary N) is 3. The summed E-state index contributed by atoms with van der Waals surface area (Å²) < 4.78 is 22.4. The van der Waals surface area contributed by atoms with Gasteiger partial charge in [-0.05, 0) is 63.1 Å². The third-order valence-electron chi connectivity index (χ3n) is 9.29. The summed E-state index contributed by atoms with van der Waals surface area (Å²) in [5, 5.41) is 20.2. The number of hydrogen-bond acceptors (Lipinski definition) is 8. The molecule has 0 aliphatic carbocycles. The Hall–Kier alpha value is -4.68. The molecule has 2 aromatic carbocycles. The number of nitrogens with zero attached hydrogens (tertiary/aromatic N) is 4. The van der Waals surface area contributed by atoms with Crippen molar-refractivity contribution in [2.24, 2.45) is 0 Å². The second-order valence-electron chi connectivity index (χ2n) is 12.9. The molecule has 2 amide bonds. The van der Waals surface area contributed by atoms with E-state index in [-0.39, 0.29) is 17.6 Å². The van der Waals surface area contributed by atoms with Gasteiger partial charge in [0.05, 0.1) is 30.6 Å². The maximum Gasteiger partial charge on any atom is 0.254 e. The van der Waals surface area contributed by atoms with Gasteiger partial charge in [-0.2, -0.15) is 0 Å². The third kappa shape index (κ3) is 6.10. The molecule has 3 aliphatic heterocycles. The Labute approximate surface area is 274 Å². The van der Waals surface area contributed by atoms with Crippen molar-refractivity contribution in [2.45, 2.75) is 50.9 Å². The topological polar surface area (TPSA) is 124 Å². The summed E-state index contributed by atoms with van der Waals surface area (Å²) in [7, 11) is 1.44. The van der Waals surface area contributed by atoms with E-state index in [0.29, 0.717) is 68.1 Å². The maximum absolute atomic E-state index is 15.3. The number of piperazine rings is 1. The molecule has 11 nitrogen and oxygen atoms in total. The van der Waals surface area contributed by atoms with Gasteiger partial charge in [0, 0.05) is 73.9 Å². The van der Waals surface area contributed by atoms with Crippen LogP contribution < -0.4 is 20.7 Å². The van der Waals surface area contributed by atoms with Crippen molar-refractivity contribution in [1.82, 2.24) is 30.0 Å². The Morgan fingerprint density at radius 1 is 1.19 bits per heavy atom. The van der Waals surface area contributed by atoms with E-state index in [1.165, 1.54) is 7.11 Å². The minimum Gasteiger partial charge on any atom is -0.494 e. The number of fused-ring (bicyclic) bond motifs is 1. The molecule has 1 unspecified atom stereocenters. The molecule has 0 spiro atoms. The van der Waals surface area contributed by atoms with Gasteiger partial charge in [-0.25, -0.2) is 9.37 Å². The number of methoxy groups -OCH3 is 1. The Morgan fingerprint density at radius 2 is 1.94 bits per heavy atom. The lowest BCUT2D eigenvalue weighted by Gasteiger charge is -2.36. The smallest absolute Gasteiger partial charge is 0.254 e. The fraction of sp³-hybridized carbons (Fsp3) is 0.400. The largest absolute Gasteiger partial charge is 0.494 e. The summed E-state index contributed by atoms with van der Waals surface area (Å²) in [6.45, 7) is 11.6. The molecule has 3 aromatic rings. The van der Waals surface area contributed by atoms with E-state index in [0.717, 1.165) is 16.9 Å². The quantitative estimate of drug-likeness (QED) is 0.276. The normalized spacial score (nSPS) is 23.7. The number of ether oxygens (including phenoxy) is 1. The number of β-amino-alcohol motifs (C(OH)–C–C–N with tert-alkyl or cyclic N) is 1. The van der Waals surface area contributed by atoms with Crippen LogP contribution in [0, 0.1) is 12.7 Å². The molecule has 2 fully saturated rings. The van der Waals surface area contributed by atoms with Crippen molar-refractivity contribution in [3.05, 3.63) is 83.7 Å². The van der Waals surface area contributed by atoms with E-state index < -0.39 is 23.1 Å². The van der Waals surface area contributed by atoms with Crippen LogP contribution in [0.5, 0.6) is 5.75 Å². The third-order valence-corrected chi connectivity index (χ3v) is 9.29. The number of benzene rings is 2. The Kier molecular flexibility index (Phi) is 8.58. The van der Waals surface area contributed by atoms with Crippen LogP contribution in [0.4, 0.5) is 10.1 Å². The van der Waals surface area contributed by atoms with Crippen LogP contribution in [0.1, 0.15) is 47.6 Å². The van der Waals surface area contributed by atoms with Crippen molar-refractivity contribution in [2.75, 3.05) is 45.2 Å². The monoisotopic (exact) mass is 643 g/mol. The zero-order chi connectivity index (χ0) is 33.5. The molecule has 6 rings (SSSR count). The molecule has 248 valence electrons. The molecular weight excluding hydrogens is 601 g/mol. The van der Waals surface area contributed by atoms with Gasteiger partial charge in [0.15, 0.2) is 23.1 Å². The first kappa shape index (κ1) is 32.3. The summed E-state index contributed by atoms with van der Waals surface area (Å²) in [6, 6.07) is 8.69. The fourth-order valence-electron chi connectivity index (χ4n) is 6.75. The van der Waals surface area contributed by atoms with Crippen LogP contribution in [0.3, 0.4) is 0 Å². The first-order valence-corrected chi connectivity index (χ1v) is 15.9. The second kappa shape index (κ2) is 12.5. The van der Waals surface area contributed by atoms with Gasteiger partial charge < -0.3 is 35.6 Å². The molecule has 4 N–H and O–H groups in total. The van der Waals surface area contributed by atoms with Crippen molar-refractivity contribution >= 4 is 23.7 Å². The number of hydrogen-bond donors (Lipinski definition) is 4. The number of aryl methyl sites for hydroxylation is 1. The summed E-state index contributed by atoms with van der Waals surface area (Å²) in [5.74, 6) is 0.335. The SMILES string of the molecule is C=CCc1c(-c2cnc3n2C=CNC3(C)Nc2ccc(C(=O)N3CCN(C(=O)[C@@H]4C[C@](C)(O)CN4)CC3)c(C)c2)ccc(OC)c1F. The van der Waals surface area contributed by atoms with Crippen LogP contribution in [0.15, 0.2) is 55.4 Å². The van der Waals surface area contributed by atoms with Gasteiger partial charge in [-0.15, -0.1) is 6.58 Å². The van der Waals surface area contributed by atoms with E-state index >= 15 is 4.39 Å². The maximum atomic E-state index is 15.3. The Bertz CT molecular complexity index is 1740. The minimum atomic E-state index is -0.880. The van der Waals surface area contributed by atoms with Crippen LogP contribution in [0.2, 0.25) is 0 Å². The number of amides is 2.